The van der Waals surface area contributed by atoms with Gasteiger partial charge in [-0.15, -0.1) is 0 Å². The standard InChI is InChI=1S/C24H28FN3O4/c1-32-14-4-5-21(29)27-13-10-20-17(15-27)16-28(19-8-6-18(25)7-9-19)24(31)22(20)23(30)26-11-2-3-12-26/h6-9,16H,2-5,10-15H2,1H3. The summed E-state index contributed by atoms with van der Waals surface area (Å²) < 4.78 is 19.9. The molecule has 1 aromatic carbocycles. The lowest BCUT2D eigenvalue weighted by Gasteiger charge is -2.31. The van der Waals surface area contributed by atoms with E-state index in [1.54, 1.807) is 23.1 Å². The highest BCUT2D eigenvalue weighted by atomic mass is 19.1. The van der Waals surface area contributed by atoms with E-state index in [-0.39, 0.29) is 17.4 Å². The van der Waals surface area contributed by atoms with Gasteiger partial charge in [0.1, 0.15) is 11.4 Å². The maximum atomic E-state index is 13.5. The van der Waals surface area contributed by atoms with E-state index in [1.165, 1.54) is 28.8 Å². The first-order valence-electron chi connectivity index (χ1n) is 11.1. The van der Waals surface area contributed by atoms with E-state index in [4.69, 9.17) is 4.74 Å². The van der Waals surface area contributed by atoms with Crippen LogP contribution >= 0.6 is 0 Å². The lowest BCUT2D eigenvalue weighted by molar-refractivity contribution is -0.132. The quantitative estimate of drug-likeness (QED) is 0.646. The van der Waals surface area contributed by atoms with Gasteiger partial charge in [-0.25, -0.2) is 4.39 Å². The highest BCUT2D eigenvalue weighted by Crippen LogP contribution is 2.25. The summed E-state index contributed by atoms with van der Waals surface area (Å²) in [6.07, 6.45) is 5.04. The normalized spacial score (nSPS) is 15.7. The second-order valence-corrected chi connectivity index (χ2v) is 8.32. The van der Waals surface area contributed by atoms with Gasteiger partial charge in [0.25, 0.3) is 11.5 Å². The van der Waals surface area contributed by atoms with Crippen LogP contribution in [0.25, 0.3) is 5.69 Å². The van der Waals surface area contributed by atoms with E-state index in [9.17, 15) is 18.8 Å². The molecule has 0 atom stereocenters. The van der Waals surface area contributed by atoms with Crippen molar-refractivity contribution in [2.45, 2.75) is 38.6 Å². The number of benzene rings is 1. The van der Waals surface area contributed by atoms with Gasteiger partial charge in [-0.2, -0.15) is 0 Å². The Hall–Kier alpha value is -3.00. The van der Waals surface area contributed by atoms with Crippen molar-refractivity contribution < 1.29 is 18.7 Å². The number of hydrogen-bond acceptors (Lipinski definition) is 4. The third kappa shape index (κ3) is 4.46. The number of methoxy groups -OCH3 is 1. The number of hydrogen-bond donors (Lipinski definition) is 0. The summed E-state index contributed by atoms with van der Waals surface area (Å²) >= 11 is 0. The molecule has 2 aliphatic rings. The van der Waals surface area contributed by atoms with Gasteiger partial charge in [0.05, 0.1) is 0 Å². The fourth-order valence-electron chi connectivity index (χ4n) is 4.49. The minimum atomic E-state index is -0.402. The molecule has 2 aromatic rings. The van der Waals surface area contributed by atoms with E-state index >= 15 is 0 Å². The Balaban J connectivity index is 1.73. The van der Waals surface area contributed by atoms with Gasteiger partial charge in [0.2, 0.25) is 5.91 Å². The molecule has 0 bridgehead atoms. The van der Waals surface area contributed by atoms with Crippen LogP contribution < -0.4 is 5.56 Å². The Kier molecular flexibility index (Phi) is 6.69. The summed E-state index contributed by atoms with van der Waals surface area (Å²) in [4.78, 5) is 42.9. The first-order valence-corrected chi connectivity index (χ1v) is 11.1. The SMILES string of the molecule is COCCCC(=O)N1CCc2c(cn(-c3ccc(F)cc3)c(=O)c2C(=O)N2CCCC2)C1. The zero-order valence-electron chi connectivity index (χ0n) is 18.3. The minimum absolute atomic E-state index is 0.0275. The molecule has 7 nitrogen and oxygen atoms in total. The third-order valence-electron chi connectivity index (χ3n) is 6.20. The van der Waals surface area contributed by atoms with Crippen LogP contribution in [0.1, 0.15) is 47.2 Å². The lowest BCUT2D eigenvalue weighted by atomic mass is 9.95. The molecular weight excluding hydrogens is 413 g/mol. The van der Waals surface area contributed by atoms with Gasteiger partial charge in [-0.1, -0.05) is 0 Å². The summed E-state index contributed by atoms with van der Waals surface area (Å²) in [5.74, 6) is -0.624. The van der Waals surface area contributed by atoms with Crippen molar-refractivity contribution >= 4 is 11.8 Å². The van der Waals surface area contributed by atoms with Crippen molar-refractivity contribution in [1.82, 2.24) is 14.4 Å². The van der Waals surface area contributed by atoms with Crippen molar-refractivity contribution in [3.05, 3.63) is 63.3 Å². The Morgan fingerprint density at radius 1 is 1.06 bits per heavy atom. The summed E-state index contributed by atoms with van der Waals surface area (Å²) in [6, 6.07) is 5.61. The molecule has 0 aliphatic carbocycles. The molecular formula is C24H28FN3O4. The summed E-state index contributed by atoms with van der Waals surface area (Å²) in [5, 5.41) is 0. The molecule has 0 unspecified atom stereocenters. The van der Waals surface area contributed by atoms with Gasteiger partial charge in [-0.05, 0) is 61.1 Å². The summed E-state index contributed by atoms with van der Waals surface area (Å²) in [5.41, 5.74) is 1.78. The topological polar surface area (TPSA) is 71.8 Å². The average Bonchev–Trinajstić information content (AvgIpc) is 3.34. The molecule has 0 N–H and O–H groups in total. The lowest BCUT2D eigenvalue weighted by Crippen LogP contribution is -2.41. The number of likely N-dealkylation sites (tertiary alicyclic amines) is 1. The van der Waals surface area contributed by atoms with Gasteiger partial charge in [-0.3, -0.25) is 19.0 Å². The number of aromatic nitrogens is 1. The van der Waals surface area contributed by atoms with Crippen molar-refractivity contribution in [1.29, 1.82) is 0 Å². The number of nitrogens with zero attached hydrogens (tertiary/aromatic N) is 3. The van der Waals surface area contributed by atoms with Crippen LogP contribution in [0.3, 0.4) is 0 Å². The maximum Gasteiger partial charge on any atom is 0.268 e. The van der Waals surface area contributed by atoms with E-state index in [2.05, 4.69) is 0 Å². The van der Waals surface area contributed by atoms with Crippen LogP contribution in [0.5, 0.6) is 0 Å². The third-order valence-corrected chi connectivity index (χ3v) is 6.20. The molecule has 170 valence electrons. The second kappa shape index (κ2) is 9.65. The van der Waals surface area contributed by atoms with Crippen LogP contribution in [0.2, 0.25) is 0 Å². The highest BCUT2D eigenvalue weighted by molar-refractivity contribution is 5.96. The van der Waals surface area contributed by atoms with Crippen molar-refractivity contribution in [3.8, 4) is 5.69 Å². The highest BCUT2D eigenvalue weighted by Gasteiger charge is 2.31. The molecule has 2 amide bonds. The van der Waals surface area contributed by atoms with Crippen LogP contribution in [0, 0.1) is 5.82 Å². The smallest absolute Gasteiger partial charge is 0.268 e. The number of amides is 2. The van der Waals surface area contributed by atoms with Gasteiger partial charge >= 0.3 is 0 Å². The zero-order chi connectivity index (χ0) is 22.7. The van der Waals surface area contributed by atoms with Crippen molar-refractivity contribution in [2.75, 3.05) is 33.4 Å². The van der Waals surface area contributed by atoms with Crippen molar-refractivity contribution in [3.63, 3.8) is 0 Å². The fourth-order valence-corrected chi connectivity index (χ4v) is 4.49. The van der Waals surface area contributed by atoms with E-state index < -0.39 is 11.4 Å². The zero-order valence-corrected chi connectivity index (χ0v) is 18.3. The number of fused-ring (bicyclic) bond motifs is 1. The molecule has 3 heterocycles. The average molecular weight is 442 g/mol. The van der Waals surface area contributed by atoms with E-state index in [0.717, 1.165) is 24.0 Å². The Morgan fingerprint density at radius 2 is 1.78 bits per heavy atom. The number of ether oxygens (including phenoxy) is 1. The van der Waals surface area contributed by atoms with Crippen LogP contribution in [-0.4, -0.2) is 59.5 Å². The van der Waals surface area contributed by atoms with Crippen LogP contribution in [0.15, 0.2) is 35.3 Å². The largest absolute Gasteiger partial charge is 0.385 e. The first kappa shape index (κ1) is 22.2. The monoisotopic (exact) mass is 441 g/mol. The van der Waals surface area contributed by atoms with Gasteiger partial charge < -0.3 is 14.5 Å². The Morgan fingerprint density at radius 3 is 2.47 bits per heavy atom. The summed E-state index contributed by atoms with van der Waals surface area (Å²) in [6.45, 7) is 2.61. The second-order valence-electron chi connectivity index (χ2n) is 8.32. The fraction of sp³-hybridized carbons (Fsp3) is 0.458. The molecule has 0 spiro atoms. The van der Waals surface area contributed by atoms with E-state index in [0.29, 0.717) is 57.7 Å². The van der Waals surface area contributed by atoms with E-state index in [1.807, 2.05) is 0 Å². The first-order chi connectivity index (χ1) is 15.5. The van der Waals surface area contributed by atoms with Crippen molar-refractivity contribution in [2.24, 2.45) is 0 Å². The molecule has 32 heavy (non-hydrogen) atoms. The number of carbonyl (C=O) groups is 2. The minimum Gasteiger partial charge on any atom is -0.385 e. The molecule has 4 rings (SSSR count). The van der Waals surface area contributed by atoms with Gasteiger partial charge in [0, 0.05) is 58.2 Å². The molecule has 8 heteroatoms. The number of carbonyl (C=O) groups excluding carboxylic acids is 2. The molecule has 1 fully saturated rings. The number of halogens is 1. The molecule has 0 radical (unpaired) electrons. The van der Waals surface area contributed by atoms with Crippen LogP contribution in [0.4, 0.5) is 4.39 Å². The molecule has 2 aliphatic heterocycles. The molecule has 0 saturated carbocycles. The Labute approximate surface area is 186 Å². The number of rotatable bonds is 6. The molecule has 1 saturated heterocycles. The van der Waals surface area contributed by atoms with Crippen LogP contribution in [-0.2, 0) is 22.5 Å². The number of pyridine rings is 1. The van der Waals surface area contributed by atoms with Gasteiger partial charge in [0.15, 0.2) is 0 Å². The Bertz CT molecular complexity index is 1060. The molecule has 1 aromatic heterocycles. The maximum absolute atomic E-state index is 13.5. The predicted molar refractivity (Wildman–Crippen MR) is 117 cm³/mol. The predicted octanol–water partition coefficient (Wildman–Crippen LogP) is 2.52. The summed E-state index contributed by atoms with van der Waals surface area (Å²) in [7, 11) is 1.61.